The molecule has 134 valence electrons. The second-order valence-corrected chi connectivity index (χ2v) is 7.22. The van der Waals surface area contributed by atoms with Crippen molar-refractivity contribution in [3.8, 4) is 0 Å². The van der Waals surface area contributed by atoms with Gasteiger partial charge in [-0.05, 0) is 34.2 Å². The molecule has 0 bridgehead atoms. The minimum Gasteiger partial charge on any atom is -0.481 e. The van der Waals surface area contributed by atoms with Crippen LogP contribution in [0.4, 0.5) is 4.79 Å². The summed E-state index contributed by atoms with van der Waals surface area (Å²) in [5.74, 6) is -0.864. The van der Waals surface area contributed by atoms with E-state index in [0.717, 1.165) is 0 Å². The van der Waals surface area contributed by atoms with E-state index in [4.69, 9.17) is 9.47 Å². The summed E-state index contributed by atoms with van der Waals surface area (Å²) in [4.78, 5) is 27.1. The average molecular weight is 330 g/mol. The molecule has 23 heavy (non-hydrogen) atoms. The van der Waals surface area contributed by atoms with Crippen LogP contribution in [0.1, 0.15) is 41.0 Å². The first-order valence-corrected chi connectivity index (χ1v) is 8.00. The maximum absolute atomic E-state index is 12.1. The van der Waals surface area contributed by atoms with Gasteiger partial charge in [0, 0.05) is 26.2 Å². The van der Waals surface area contributed by atoms with Crippen LogP contribution in [0.25, 0.3) is 0 Å². The Morgan fingerprint density at radius 1 is 1.35 bits per heavy atom. The first-order valence-electron chi connectivity index (χ1n) is 8.00. The minimum atomic E-state index is -0.864. The van der Waals surface area contributed by atoms with E-state index in [9.17, 15) is 14.7 Å². The molecule has 1 aliphatic rings. The van der Waals surface area contributed by atoms with Crippen LogP contribution >= 0.6 is 0 Å². The summed E-state index contributed by atoms with van der Waals surface area (Å²) in [5, 5.41) is 9.29. The Labute approximate surface area is 138 Å². The lowest BCUT2D eigenvalue weighted by Gasteiger charge is -2.56. The lowest BCUT2D eigenvalue weighted by molar-refractivity contribution is -0.148. The highest BCUT2D eigenvalue weighted by molar-refractivity contribution is 5.73. The van der Waals surface area contributed by atoms with E-state index in [-0.39, 0.29) is 12.5 Å². The van der Waals surface area contributed by atoms with Crippen molar-refractivity contribution in [3.05, 3.63) is 0 Å². The van der Waals surface area contributed by atoms with Gasteiger partial charge in [-0.2, -0.15) is 0 Å². The van der Waals surface area contributed by atoms with E-state index in [2.05, 4.69) is 4.90 Å². The Balaban J connectivity index is 2.84. The largest absolute Gasteiger partial charge is 0.481 e. The van der Waals surface area contributed by atoms with Crippen molar-refractivity contribution in [2.45, 2.75) is 58.2 Å². The Morgan fingerprint density at radius 3 is 2.30 bits per heavy atom. The highest BCUT2D eigenvalue weighted by Crippen LogP contribution is 2.34. The second kappa shape index (κ2) is 7.49. The topological polar surface area (TPSA) is 79.3 Å². The Hall–Kier alpha value is -1.34. The van der Waals surface area contributed by atoms with Gasteiger partial charge in [0.2, 0.25) is 0 Å². The van der Waals surface area contributed by atoms with Crippen LogP contribution in [0.3, 0.4) is 0 Å². The van der Waals surface area contributed by atoms with Crippen molar-refractivity contribution < 1.29 is 24.2 Å². The molecule has 7 heteroatoms. The summed E-state index contributed by atoms with van der Waals surface area (Å²) in [6, 6.07) is 0.0742. The Kier molecular flexibility index (Phi) is 6.41. The van der Waals surface area contributed by atoms with E-state index in [1.54, 1.807) is 12.0 Å². The first kappa shape index (κ1) is 19.7. The number of carboxylic acid groups (broad SMARTS) is 1. The lowest BCUT2D eigenvalue weighted by Crippen LogP contribution is -2.73. The number of ether oxygens (including phenoxy) is 2. The van der Waals surface area contributed by atoms with E-state index in [1.807, 2.05) is 34.6 Å². The van der Waals surface area contributed by atoms with E-state index < -0.39 is 23.2 Å². The molecule has 1 amide bonds. The number of methoxy groups -OCH3 is 1. The number of likely N-dealkylation sites (N-methyl/N-ethyl adjacent to an activating group) is 1. The maximum atomic E-state index is 12.1. The molecular weight excluding hydrogens is 300 g/mol. The maximum Gasteiger partial charge on any atom is 0.410 e. The molecule has 1 aliphatic heterocycles. The van der Waals surface area contributed by atoms with Crippen molar-refractivity contribution in [3.63, 3.8) is 0 Å². The molecule has 0 aromatic rings. The highest BCUT2D eigenvalue weighted by atomic mass is 16.6. The van der Waals surface area contributed by atoms with Gasteiger partial charge < -0.3 is 19.5 Å². The molecule has 1 unspecified atom stereocenters. The Morgan fingerprint density at radius 2 is 1.91 bits per heavy atom. The van der Waals surface area contributed by atoms with Gasteiger partial charge in [-0.1, -0.05) is 6.92 Å². The minimum absolute atomic E-state index is 0.00576. The fourth-order valence-electron chi connectivity index (χ4n) is 3.24. The molecule has 1 heterocycles. The van der Waals surface area contributed by atoms with Crippen LogP contribution in [-0.4, -0.2) is 77.5 Å². The summed E-state index contributed by atoms with van der Waals surface area (Å²) in [6.45, 7) is 11.4. The summed E-state index contributed by atoms with van der Waals surface area (Å²) >= 11 is 0. The summed E-state index contributed by atoms with van der Waals surface area (Å²) in [5.41, 5.74) is -1.12. The fourth-order valence-corrected chi connectivity index (χ4v) is 3.24. The van der Waals surface area contributed by atoms with Gasteiger partial charge in [-0.15, -0.1) is 0 Å². The highest BCUT2D eigenvalue weighted by Gasteiger charge is 2.52. The molecule has 0 saturated carbocycles. The number of carboxylic acids is 1. The Bertz CT molecular complexity index is 427. The van der Waals surface area contributed by atoms with Gasteiger partial charge in [0.05, 0.1) is 18.6 Å². The van der Waals surface area contributed by atoms with Gasteiger partial charge >= 0.3 is 12.1 Å². The van der Waals surface area contributed by atoms with Crippen LogP contribution in [0.15, 0.2) is 0 Å². The van der Waals surface area contributed by atoms with Crippen LogP contribution in [0, 0.1) is 0 Å². The van der Waals surface area contributed by atoms with Crippen LogP contribution in [0.5, 0.6) is 0 Å². The molecule has 0 aromatic heterocycles. The number of hydrogen-bond donors (Lipinski definition) is 1. The van der Waals surface area contributed by atoms with Gasteiger partial charge in [0.15, 0.2) is 0 Å². The predicted octanol–water partition coefficient (Wildman–Crippen LogP) is 1.81. The first-order chi connectivity index (χ1) is 10.5. The lowest BCUT2D eigenvalue weighted by atomic mass is 9.83. The quantitative estimate of drug-likeness (QED) is 0.767. The standard InChI is InChI=1S/C16H30N2O5/c1-7-18(12(2)9-22-6)16(8-13(19)20)10-17(11-16)14(21)23-15(3,4)5/h12H,7-11H2,1-6H3,(H,19,20). The molecule has 7 nitrogen and oxygen atoms in total. The monoisotopic (exact) mass is 330 g/mol. The molecule has 1 saturated heterocycles. The van der Waals surface area contributed by atoms with Gasteiger partial charge in [-0.25, -0.2) is 4.79 Å². The third-order valence-corrected chi connectivity index (χ3v) is 3.99. The number of hydrogen-bond acceptors (Lipinski definition) is 5. The van der Waals surface area contributed by atoms with Crippen molar-refractivity contribution >= 4 is 12.1 Å². The van der Waals surface area contributed by atoms with E-state index in [1.165, 1.54) is 0 Å². The normalized spacial score (nSPS) is 18.5. The molecule has 1 atom stereocenters. The zero-order valence-corrected chi connectivity index (χ0v) is 15.1. The molecule has 0 spiro atoms. The van der Waals surface area contributed by atoms with Crippen molar-refractivity contribution in [2.75, 3.05) is 33.4 Å². The third-order valence-electron chi connectivity index (χ3n) is 3.99. The fraction of sp³-hybridized carbons (Fsp3) is 0.875. The average Bonchev–Trinajstić information content (AvgIpc) is 2.32. The van der Waals surface area contributed by atoms with Crippen LogP contribution in [-0.2, 0) is 14.3 Å². The molecule has 1 rings (SSSR count). The summed E-state index contributed by atoms with van der Waals surface area (Å²) in [6.07, 6.45) is -0.400. The van der Waals surface area contributed by atoms with Crippen LogP contribution < -0.4 is 0 Å². The summed E-state index contributed by atoms with van der Waals surface area (Å²) < 4.78 is 10.6. The smallest absolute Gasteiger partial charge is 0.410 e. The van der Waals surface area contributed by atoms with Crippen molar-refractivity contribution in [2.24, 2.45) is 0 Å². The number of nitrogens with zero attached hydrogens (tertiary/aromatic N) is 2. The van der Waals surface area contributed by atoms with Crippen LogP contribution in [0.2, 0.25) is 0 Å². The summed E-state index contributed by atoms with van der Waals surface area (Å²) in [7, 11) is 1.63. The van der Waals surface area contributed by atoms with Crippen molar-refractivity contribution in [1.29, 1.82) is 0 Å². The molecular formula is C16H30N2O5. The van der Waals surface area contributed by atoms with Crippen molar-refractivity contribution in [1.82, 2.24) is 9.80 Å². The molecule has 0 radical (unpaired) electrons. The number of amides is 1. The molecule has 1 N–H and O–H groups in total. The molecule has 0 aliphatic carbocycles. The van der Waals surface area contributed by atoms with E-state index >= 15 is 0 Å². The second-order valence-electron chi connectivity index (χ2n) is 7.22. The zero-order chi connectivity index (χ0) is 17.8. The number of carbonyl (C=O) groups excluding carboxylic acids is 1. The number of carbonyl (C=O) groups is 2. The SMILES string of the molecule is CCN(C(C)COC)C1(CC(=O)O)CN(C(=O)OC(C)(C)C)C1. The van der Waals surface area contributed by atoms with Gasteiger partial charge in [0.1, 0.15) is 5.60 Å². The van der Waals surface area contributed by atoms with Gasteiger partial charge in [-0.3, -0.25) is 9.69 Å². The number of rotatable bonds is 7. The number of likely N-dealkylation sites (tertiary alicyclic amines) is 1. The van der Waals surface area contributed by atoms with E-state index in [0.29, 0.717) is 26.2 Å². The zero-order valence-electron chi connectivity index (χ0n) is 15.1. The molecule has 1 fully saturated rings. The predicted molar refractivity (Wildman–Crippen MR) is 86.5 cm³/mol. The van der Waals surface area contributed by atoms with Gasteiger partial charge in [0.25, 0.3) is 0 Å². The molecule has 0 aromatic carbocycles. The third kappa shape index (κ3) is 5.07. The number of aliphatic carboxylic acids is 1.